The maximum absolute atomic E-state index is 14.1. The van der Waals surface area contributed by atoms with Crippen LogP contribution in [-0.2, 0) is 16.8 Å². The monoisotopic (exact) mass is 383 g/mol. The SMILES string of the molecule is CC(C)(C)CC(=O)CCCCc1nc2cc(F)c(C#N)cc2n1C1(C)CCC1. The first kappa shape index (κ1) is 20.5. The Morgan fingerprint density at radius 3 is 2.61 bits per heavy atom. The lowest BCUT2D eigenvalue weighted by molar-refractivity contribution is -0.120. The lowest BCUT2D eigenvalue weighted by Crippen LogP contribution is -2.38. The van der Waals surface area contributed by atoms with Crippen molar-refractivity contribution in [2.45, 2.75) is 84.6 Å². The molecule has 1 aliphatic rings. The molecule has 0 saturated heterocycles. The van der Waals surface area contributed by atoms with Gasteiger partial charge in [0, 0.05) is 30.9 Å². The molecule has 3 rings (SSSR count). The summed E-state index contributed by atoms with van der Waals surface area (Å²) in [6.07, 6.45) is 6.99. The van der Waals surface area contributed by atoms with Crippen molar-refractivity contribution in [1.82, 2.24) is 9.55 Å². The van der Waals surface area contributed by atoms with Gasteiger partial charge in [-0.3, -0.25) is 4.79 Å². The first-order valence-corrected chi connectivity index (χ1v) is 10.3. The highest BCUT2D eigenvalue weighted by atomic mass is 19.1. The van der Waals surface area contributed by atoms with Crippen molar-refractivity contribution in [3.05, 3.63) is 29.3 Å². The van der Waals surface area contributed by atoms with Crippen LogP contribution >= 0.6 is 0 Å². The summed E-state index contributed by atoms with van der Waals surface area (Å²) in [4.78, 5) is 16.8. The van der Waals surface area contributed by atoms with Gasteiger partial charge in [-0.15, -0.1) is 0 Å². The highest BCUT2D eigenvalue weighted by molar-refractivity contribution is 5.79. The fourth-order valence-electron chi connectivity index (χ4n) is 4.20. The number of Topliss-reactive ketones (excluding diaryl/α,β-unsaturated/α-hetero) is 1. The second-order valence-electron chi connectivity index (χ2n) is 9.63. The molecule has 0 aliphatic heterocycles. The molecule has 1 aromatic carbocycles. The largest absolute Gasteiger partial charge is 0.322 e. The van der Waals surface area contributed by atoms with E-state index < -0.39 is 5.82 Å². The van der Waals surface area contributed by atoms with Gasteiger partial charge >= 0.3 is 0 Å². The molecule has 1 heterocycles. The topological polar surface area (TPSA) is 58.7 Å². The number of ketones is 1. The summed E-state index contributed by atoms with van der Waals surface area (Å²) in [5, 5.41) is 9.20. The third kappa shape index (κ3) is 4.27. The van der Waals surface area contributed by atoms with Crippen LogP contribution in [0.15, 0.2) is 12.1 Å². The van der Waals surface area contributed by atoms with E-state index >= 15 is 0 Å². The summed E-state index contributed by atoms with van der Waals surface area (Å²) in [6, 6.07) is 4.96. The Morgan fingerprint density at radius 2 is 2.04 bits per heavy atom. The third-order valence-electron chi connectivity index (χ3n) is 5.74. The Kier molecular flexibility index (Phi) is 5.61. The van der Waals surface area contributed by atoms with Crippen LogP contribution in [0.2, 0.25) is 0 Å². The van der Waals surface area contributed by atoms with E-state index in [2.05, 4.69) is 32.3 Å². The minimum Gasteiger partial charge on any atom is -0.322 e. The van der Waals surface area contributed by atoms with E-state index in [-0.39, 0.29) is 16.5 Å². The van der Waals surface area contributed by atoms with E-state index in [0.29, 0.717) is 24.1 Å². The molecule has 0 unspecified atom stereocenters. The first-order valence-electron chi connectivity index (χ1n) is 10.3. The molecular weight excluding hydrogens is 353 g/mol. The fraction of sp³-hybridized carbons (Fsp3) is 0.609. The standard InChI is InChI=1S/C23H30FN3O/c1-22(2,3)14-17(28)8-5-6-9-21-26-19-13-18(24)16(15-25)12-20(19)27(21)23(4)10-7-11-23/h12-13H,5-11,14H2,1-4H3. The summed E-state index contributed by atoms with van der Waals surface area (Å²) in [5.41, 5.74) is 1.54. The number of benzene rings is 1. The number of carbonyl (C=O) groups is 1. The minimum absolute atomic E-state index is 0.0172. The number of carbonyl (C=O) groups excluding carboxylic acids is 1. The Morgan fingerprint density at radius 1 is 1.32 bits per heavy atom. The number of hydrogen-bond donors (Lipinski definition) is 0. The lowest BCUT2D eigenvalue weighted by Gasteiger charge is -2.41. The zero-order valence-corrected chi connectivity index (χ0v) is 17.4. The van der Waals surface area contributed by atoms with Crippen molar-refractivity contribution in [3.8, 4) is 6.07 Å². The van der Waals surface area contributed by atoms with Gasteiger partial charge in [-0.25, -0.2) is 9.37 Å². The average Bonchev–Trinajstić information content (AvgIpc) is 2.91. The normalized spacial score (nSPS) is 16.0. The van der Waals surface area contributed by atoms with Crippen molar-refractivity contribution in [2.75, 3.05) is 0 Å². The predicted octanol–water partition coefficient (Wildman–Crippen LogP) is 5.66. The van der Waals surface area contributed by atoms with Crippen LogP contribution in [0, 0.1) is 22.6 Å². The number of halogens is 1. The second kappa shape index (κ2) is 7.66. The van der Waals surface area contributed by atoms with Gasteiger partial charge in [0.1, 0.15) is 23.5 Å². The summed E-state index contributed by atoms with van der Waals surface area (Å²) < 4.78 is 16.3. The van der Waals surface area contributed by atoms with Gasteiger partial charge in [-0.1, -0.05) is 20.8 Å². The molecule has 150 valence electrons. The second-order valence-corrected chi connectivity index (χ2v) is 9.63. The van der Waals surface area contributed by atoms with Crippen molar-refractivity contribution in [2.24, 2.45) is 5.41 Å². The maximum atomic E-state index is 14.1. The molecule has 4 nitrogen and oxygen atoms in total. The van der Waals surface area contributed by atoms with Gasteiger partial charge in [0.2, 0.25) is 0 Å². The molecule has 0 radical (unpaired) electrons. The predicted molar refractivity (Wildman–Crippen MR) is 109 cm³/mol. The highest BCUT2D eigenvalue weighted by Crippen LogP contribution is 2.42. The fourth-order valence-corrected chi connectivity index (χ4v) is 4.20. The van der Waals surface area contributed by atoms with E-state index in [9.17, 15) is 14.4 Å². The molecule has 0 spiro atoms. The first-order chi connectivity index (χ1) is 13.1. The molecule has 1 aliphatic carbocycles. The van der Waals surface area contributed by atoms with Crippen LogP contribution in [0.1, 0.15) is 84.0 Å². The molecular formula is C23H30FN3O. The zero-order chi connectivity index (χ0) is 20.5. The van der Waals surface area contributed by atoms with Crippen LogP contribution in [0.25, 0.3) is 11.0 Å². The van der Waals surface area contributed by atoms with Crippen LogP contribution in [0.4, 0.5) is 4.39 Å². The van der Waals surface area contributed by atoms with Crippen LogP contribution in [0.5, 0.6) is 0 Å². The summed E-state index contributed by atoms with van der Waals surface area (Å²) in [6.45, 7) is 8.47. The Bertz CT molecular complexity index is 926. The Hall–Kier alpha value is -2.22. The number of nitriles is 1. The number of unbranched alkanes of at least 4 members (excludes halogenated alkanes) is 1. The summed E-state index contributed by atoms with van der Waals surface area (Å²) in [7, 11) is 0. The van der Waals surface area contributed by atoms with Crippen LogP contribution in [0.3, 0.4) is 0 Å². The Labute approximate surface area is 166 Å². The third-order valence-corrected chi connectivity index (χ3v) is 5.74. The number of hydrogen-bond acceptors (Lipinski definition) is 3. The van der Waals surface area contributed by atoms with Crippen molar-refractivity contribution >= 4 is 16.8 Å². The lowest BCUT2D eigenvalue weighted by atomic mass is 9.78. The number of aromatic nitrogens is 2. The molecule has 2 aromatic rings. The molecule has 1 fully saturated rings. The summed E-state index contributed by atoms with van der Waals surface area (Å²) in [5.74, 6) is 0.736. The number of nitrogens with zero attached hydrogens (tertiary/aromatic N) is 3. The van der Waals surface area contributed by atoms with Crippen molar-refractivity contribution < 1.29 is 9.18 Å². The molecule has 0 atom stereocenters. The van der Waals surface area contributed by atoms with Crippen molar-refractivity contribution in [1.29, 1.82) is 5.26 Å². The summed E-state index contributed by atoms with van der Waals surface area (Å²) >= 11 is 0. The molecule has 0 bridgehead atoms. The van der Waals surface area contributed by atoms with E-state index in [1.807, 2.05) is 6.07 Å². The molecule has 0 N–H and O–H groups in total. The Balaban J connectivity index is 1.78. The van der Waals surface area contributed by atoms with Gasteiger partial charge < -0.3 is 4.57 Å². The molecule has 1 aromatic heterocycles. The van der Waals surface area contributed by atoms with Crippen LogP contribution in [-0.4, -0.2) is 15.3 Å². The smallest absolute Gasteiger partial charge is 0.143 e. The quantitative estimate of drug-likeness (QED) is 0.579. The van der Waals surface area contributed by atoms with Gasteiger partial charge in [0.05, 0.1) is 16.6 Å². The highest BCUT2D eigenvalue weighted by Gasteiger charge is 2.36. The molecule has 28 heavy (non-hydrogen) atoms. The zero-order valence-electron chi connectivity index (χ0n) is 17.4. The van der Waals surface area contributed by atoms with Gasteiger partial charge in [0.25, 0.3) is 0 Å². The molecule has 0 amide bonds. The molecule has 1 saturated carbocycles. The van der Waals surface area contributed by atoms with Gasteiger partial charge in [0.15, 0.2) is 0 Å². The van der Waals surface area contributed by atoms with E-state index in [0.717, 1.165) is 43.4 Å². The number of aryl methyl sites for hydroxylation is 1. The van der Waals surface area contributed by atoms with E-state index in [1.165, 1.54) is 12.5 Å². The van der Waals surface area contributed by atoms with E-state index in [4.69, 9.17) is 4.98 Å². The minimum atomic E-state index is -0.516. The van der Waals surface area contributed by atoms with Crippen LogP contribution < -0.4 is 0 Å². The number of rotatable bonds is 7. The maximum Gasteiger partial charge on any atom is 0.143 e. The van der Waals surface area contributed by atoms with E-state index in [1.54, 1.807) is 6.07 Å². The van der Waals surface area contributed by atoms with Gasteiger partial charge in [-0.05, 0) is 50.5 Å². The number of imidazole rings is 1. The van der Waals surface area contributed by atoms with Gasteiger partial charge in [-0.2, -0.15) is 5.26 Å². The average molecular weight is 384 g/mol. The number of fused-ring (bicyclic) bond motifs is 1. The van der Waals surface area contributed by atoms with Crippen molar-refractivity contribution in [3.63, 3.8) is 0 Å². The molecule has 5 heteroatoms.